The molecule has 1 saturated heterocycles. The Bertz CT molecular complexity index is 379. The van der Waals surface area contributed by atoms with E-state index in [1.165, 1.54) is 27.8 Å². The van der Waals surface area contributed by atoms with Gasteiger partial charge in [-0.25, -0.2) is 4.98 Å². The van der Waals surface area contributed by atoms with Crippen molar-refractivity contribution in [1.82, 2.24) is 10.3 Å². The van der Waals surface area contributed by atoms with Gasteiger partial charge in [-0.1, -0.05) is 20.8 Å². The molecule has 2 rings (SSSR count). The van der Waals surface area contributed by atoms with Crippen LogP contribution in [0.4, 0.5) is 0 Å². The Labute approximate surface area is 129 Å². The standard InChI is InChI=1S/C14H24N2S3/c1-4-12-13(18-6-5-17-12)14-16-9-11(19-14)8-15-7-10(2)3/h9-10,12-13,15H,4-8H2,1-3H3. The van der Waals surface area contributed by atoms with E-state index in [-0.39, 0.29) is 0 Å². The van der Waals surface area contributed by atoms with Gasteiger partial charge in [0.2, 0.25) is 0 Å². The van der Waals surface area contributed by atoms with Crippen molar-refractivity contribution < 1.29 is 0 Å². The summed E-state index contributed by atoms with van der Waals surface area (Å²) in [7, 11) is 0. The minimum Gasteiger partial charge on any atom is -0.312 e. The zero-order valence-corrected chi connectivity index (χ0v) is 14.5. The topological polar surface area (TPSA) is 24.9 Å². The summed E-state index contributed by atoms with van der Waals surface area (Å²) in [6.07, 6.45) is 3.32. The molecule has 1 fully saturated rings. The maximum Gasteiger partial charge on any atom is 0.107 e. The van der Waals surface area contributed by atoms with E-state index in [4.69, 9.17) is 0 Å². The van der Waals surface area contributed by atoms with Crippen molar-refractivity contribution in [3.8, 4) is 0 Å². The molecule has 2 unspecified atom stereocenters. The Morgan fingerprint density at radius 3 is 2.89 bits per heavy atom. The van der Waals surface area contributed by atoms with Gasteiger partial charge < -0.3 is 5.32 Å². The summed E-state index contributed by atoms with van der Waals surface area (Å²) in [4.78, 5) is 6.06. The molecule has 0 aliphatic carbocycles. The fourth-order valence-electron chi connectivity index (χ4n) is 2.15. The van der Waals surface area contributed by atoms with E-state index in [0.717, 1.165) is 18.3 Å². The number of aromatic nitrogens is 1. The van der Waals surface area contributed by atoms with Crippen LogP contribution in [0.1, 0.15) is 42.3 Å². The first-order valence-electron chi connectivity index (χ1n) is 7.09. The quantitative estimate of drug-likeness (QED) is 0.851. The molecule has 5 heteroatoms. The highest BCUT2D eigenvalue weighted by molar-refractivity contribution is 8.06. The van der Waals surface area contributed by atoms with Crippen molar-refractivity contribution in [2.45, 2.75) is 44.2 Å². The summed E-state index contributed by atoms with van der Waals surface area (Å²) in [5.41, 5.74) is 0. The molecule has 2 heterocycles. The second-order valence-corrected chi connectivity index (χ2v) is 9.04. The second-order valence-electron chi connectivity index (χ2n) is 5.30. The van der Waals surface area contributed by atoms with E-state index < -0.39 is 0 Å². The van der Waals surface area contributed by atoms with Gasteiger partial charge in [-0.15, -0.1) is 23.1 Å². The maximum atomic E-state index is 4.68. The Hall–Kier alpha value is 0.290. The molecule has 0 spiro atoms. The molecular weight excluding hydrogens is 292 g/mol. The van der Waals surface area contributed by atoms with Gasteiger partial charge in [0.05, 0.1) is 5.25 Å². The minimum atomic E-state index is 0.618. The molecule has 0 bridgehead atoms. The predicted molar refractivity (Wildman–Crippen MR) is 90.4 cm³/mol. The molecule has 0 aromatic carbocycles. The van der Waals surface area contributed by atoms with Crippen LogP contribution in [0.2, 0.25) is 0 Å². The Morgan fingerprint density at radius 1 is 1.37 bits per heavy atom. The van der Waals surface area contributed by atoms with Crippen molar-refractivity contribution in [2.75, 3.05) is 18.1 Å². The number of hydrogen-bond acceptors (Lipinski definition) is 5. The largest absolute Gasteiger partial charge is 0.312 e. The van der Waals surface area contributed by atoms with Gasteiger partial charge in [-0.05, 0) is 18.9 Å². The summed E-state index contributed by atoms with van der Waals surface area (Å²) >= 11 is 6.13. The van der Waals surface area contributed by atoms with Crippen molar-refractivity contribution in [3.05, 3.63) is 16.1 Å². The van der Waals surface area contributed by atoms with Crippen LogP contribution in [-0.2, 0) is 6.54 Å². The average molecular weight is 317 g/mol. The molecule has 108 valence electrons. The first-order chi connectivity index (χ1) is 9.20. The minimum absolute atomic E-state index is 0.618. The van der Waals surface area contributed by atoms with Gasteiger partial charge in [0, 0.05) is 34.4 Å². The van der Waals surface area contributed by atoms with E-state index in [1.54, 1.807) is 0 Å². The molecule has 1 aliphatic rings. The zero-order valence-electron chi connectivity index (χ0n) is 12.0. The van der Waals surface area contributed by atoms with Gasteiger partial charge in [-0.3, -0.25) is 0 Å². The van der Waals surface area contributed by atoms with Crippen LogP contribution in [-0.4, -0.2) is 28.3 Å². The van der Waals surface area contributed by atoms with Crippen LogP contribution >= 0.6 is 34.9 Å². The molecular formula is C14H24N2S3. The van der Waals surface area contributed by atoms with Crippen LogP contribution in [0.25, 0.3) is 0 Å². The lowest BCUT2D eigenvalue weighted by atomic mass is 10.2. The molecule has 0 saturated carbocycles. The molecule has 19 heavy (non-hydrogen) atoms. The lowest BCUT2D eigenvalue weighted by Gasteiger charge is -2.28. The summed E-state index contributed by atoms with van der Waals surface area (Å²) in [5.74, 6) is 3.28. The van der Waals surface area contributed by atoms with Gasteiger partial charge >= 0.3 is 0 Å². The highest BCUT2D eigenvalue weighted by Crippen LogP contribution is 2.45. The monoisotopic (exact) mass is 316 g/mol. The molecule has 0 radical (unpaired) electrons. The normalized spacial score (nSPS) is 24.0. The number of nitrogens with one attached hydrogen (secondary N) is 1. The van der Waals surface area contributed by atoms with E-state index in [1.807, 2.05) is 11.3 Å². The van der Waals surface area contributed by atoms with Gasteiger partial charge in [0.25, 0.3) is 0 Å². The fraction of sp³-hybridized carbons (Fsp3) is 0.786. The number of nitrogens with zero attached hydrogens (tertiary/aromatic N) is 1. The van der Waals surface area contributed by atoms with Gasteiger partial charge in [0.15, 0.2) is 0 Å². The molecule has 1 aromatic heterocycles. The molecule has 2 nitrogen and oxygen atoms in total. The maximum absolute atomic E-state index is 4.68. The van der Waals surface area contributed by atoms with Crippen LogP contribution < -0.4 is 5.32 Å². The smallest absolute Gasteiger partial charge is 0.107 e. The van der Waals surface area contributed by atoms with E-state index >= 15 is 0 Å². The van der Waals surface area contributed by atoms with Gasteiger partial charge in [-0.2, -0.15) is 11.8 Å². The third kappa shape index (κ3) is 4.66. The summed E-state index contributed by atoms with van der Waals surface area (Å²) in [6, 6.07) is 0. The first-order valence-corrected chi connectivity index (χ1v) is 10.0. The summed E-state index contributed by atoms with van der Waals surface area (Å²) in [5, 5.41) is 6.21. The van der Waals surface area contributed by atoms with E-state index in [9.17, 15) is 0 Å². The van der Waals surface area contributed by atoms with Crippen LogP contribution in [0.3, 0.4) is 0 Å². The lowest BCUT2D eigenvalue weighted by molar-refractivity contribution is 0.554. The third-order valence-corrected chi connectivity index (χ3v) is 7.60. The van der Waals surface area contributed by atoms with Gasteiger partial charge in [0.1, 0.15) is 5.01 Å². The van der Waals surface area contributed by atoms with Crippen LogP contribution in [0.15, 0.2) is 6.20 Å². The summed E-state index contributed by atoms with van der Waals surface area (Å²) < 4.78 is 0. The molecule has 1 aliphatic heterocycles. The van der Waals surface area contributed by atoms with E-state index in [0.29, 0.717) is 11.2 Å². The summed E-state index contributed by atoms with van der Waals surface area (Å²) in [6.45, 7) is 8.84. The number of rotatable bonds is 6. The molecule has 2 atom stereocenters. The highest BCUT2D eigenvalue weighted by Gasteiger charge is 2.28. The Balaban J connectivity index is 1.91. The van der Waals surface area contributed by atoms with Crippen molar-refractivity contribution in [2.24, 2.45) is 5.92 Å². The Morgan fingerprint density at radius 2 is 2.16 bits per heavy atom. The van der Waals surface area contributed by atoms with Crippen molar-refractivity contribution in [1.29, 1.82) is 0 Å². The Kier molecular flexibility index (Phi) is 6.53. The molecule has 0 amide bonds. The average Bonchev–Trinajstić information content (AvgIpc) is 2.87. The van der Waals surface area contributed by atoms with Crippen molar-refractivity contribution in [3.63, 3.8) is 0 Å². The highest BCUT2D eigenvalue weighted by atomic mass is 32.2. The lowest BCUT2D eigenvalue weighted by Crippen LogP contribution is -2.18. The second kappa shape index (κ2) is 7.91. The van der Waals surface area contributed by atoms with Crippen molar-refractivity contribution >= 4 is 34.9 Å². The van der Waals surface area contributed by atoms with Crippen LogP contribution in [0, 0.1) is 5.92 Å². The SMILES string of the molecule is CCC1SCCSC1c1ncc(CNCC(C)C)s1. The predicted octanol–water partition coefficient (Wildman–Crippen LogP) is 4.19. The van der Waals surface area contributed by atoms with E-state index in [2.05, 4.69) is 60.8 Å². The zero-order chi connectivity index (χ0) is 13.7. The number of thiazole rings is 1. The molecule has 1 N–H and O–H groups in total. The molecule has 1 aromatic rings. The number of thioether (sulfide) groups is 2. The first kappa shape index (κ1) is 15.7. The van der Waals surface area contributed by atoms with Crippen LogP contribution in [0.5, 0.6) is 0 Å². The fourth-order valence-corrected chi connectivity index (χ4v) is 6.47. The third-order valence-electron chi connectivity index (χ3n) is 3.12. The number of hydrogen-bond donors (Lipinski definition) is 1.